The van der Waals surface area contributed by atoms with Crippen LogP contribution in [0.3, 0.4) is 0 Å². The zero-order valence-corrected chi connectivity index (χ0v) is 14.5. The van der Waals surface area contributed by atoms with Gasteiger partial charge in [-0.1, -0.05) is 18.2 Å². The van der Waals surface area contributed by atoms with Crippen molar-refractivity contribution in [1.82, 2.24) is 4.57 Å². The summed E-state index contributed by atoms with van der Waals surface area (Å²) in [6, 6.07) is 15.0. The fraction of sp³-hybridized carbons (Fsp3) is 0.0952. The molecule has 4 rings (SSSR count). The molecule has 3 N–H and O–H groups in total. The minimum Gasteiger partial charge on any atom is -0.384 e. The number of nitrogens with two attached hydrogens (primary N) is 1. The molecule has 0 spiro atoms. The molecule has 0 atom stereocenters. The molecule has 0 bridgehead atoms. The van der Waals surface area contributed by atoms with Crippen LogP contribution >= 0.6 is 0 Å². The number of halogens is 4. The number of aromatic nitrogens is 1. The zero-order chi connectivity index (χ0) is 20.1. The van der Waals surface area contributed by atoms with Crippen LogP contribution in [-0.4, -0.2) is 10.4 Å². The quantitative estimate of drug-likeness (QED) is 0.281. The predicted octanol–water partition coefficient (Wildman–Crippen LogP) is 5.28. The van der Waals surface area contributed by atoms with E-state index in [0.29, 0.717) is 5.56 Å². The van der Waals surface area contributed by atoms with E-state index in [0.717, 1.165) is 40.0 Å². The highest BCUT2D eigenvalue weighted by atomic mass is 19.4. The zero-order valence-electron chi connectivity index (χ0n) is 14.5. The maximum absolute atomic E-state index is 14.3. The molecule has 0 fully saturated rings. The van der Waals surface area contributed by atoms with Crippen LogP contribution in [-0.2, 0) is 12.7 Å². The topological polar surface area (TPSA) is 54.8 Å². The number of nitrogen functional groups attached to an aromatic ring is 1. The number of fused-ring (bicyclic) bond motifs is 3. The number of hydrogen-bond acceptors (Lipinski definition) is 1. The molecule has 0 amide bonds. The van der Waals surface area contributed by atoms with Gasteiger partial charge in [-0.2, -0.15) is 13.2 Å². The molecule has 3 aromatic carbocycles. The molecule has 1 aromatic heterocycles. The lowest BCUT2D eigenvalue weighted by atomic mass is 10.1. The third kappa shape index (κ3) is 2.98. The first kappa shape index (κ1) is 18.0. The van der Waals surface area contributed by atoms with E-state index in [2.05, 4.69) is 0 Å². The van der Waals surface area contributed by atoms with Gasteiger partial charge < -0.3 is 10.3 Å². The maximum atomic E-state index is 14.3. The molecule has 0 saturated carbocycles. The summed E-state index contributed by atoms with van der Waals surface area (Å²) < 4.78 is 55.2. The minimum absolute atomic E-state index is 0.0480. The third-order valence-corrected chi connectivity index (χ3v) is 4.78. The van der Waals surface area contributed by atoms with E-state index in [1.165, 1.54) is 0 Å². The first-order valence-electron chi connectivity index (χ1n) is 8.47. The summed E-state index contributed by atoms with van der Waals surface area (Å²) in [6.45, 7) is -0.0564. The van der Waals surface area contributed by atoms with Gasteiger partial charge in [-0.3, -0.25) is 5.41 Å². The van der Waals surface area contributed by atoms with Crippen molar-refractivity contribution in [3.05, 3.63) is 83.2 Å². The smallest absolute Gasteiger partial charge is 0.384 e. The molecule has 1 heterocycles. The van der Waals surface area contributed by atoms with Crippen LogP contribution in [0, 0.1) is 11.2 Å². The van der Waals surface area contributed by atoms with Crippen LogP contribution < -0.4 is 5.73 Å². The van der Waals surface area contributed by atoms with Crippen molar-refractivity contribution in [2.45, 2.75) is 12.7 Å². The van der Waals surface area contributed by atoms with Crippen molar-refractivity contribution in [1.29, 1.82) is 5.41 Å². The van der Waals surface area contributed by atoms with E-state index in [4.69, 9.17) is 11.1 Å². The van der Waals surface area contributed by atoms with Crippen molar-refractivity contribution in [2.75, 3.05) is 0 Å². The molecule has 28 heavy (non-hydrogen) atoms. The van der Waals surface area contributed by atoms with Gasteiger partial charge in [-0.15, -0.1) is 0 Å². The Morgan fingerprint density at radius 3 is 2.36 bits per heavy atom. The fourth-order valence-electron chi connectivity index (χ4n) is 3.43. The van der Waals surface area contributed by atoms with Gasteiger partial charge >= 0.3 is 6.18 Å². The number of alkyl halides is 3. The summed E-state index contributed by atoms with van der Waals surface area (Å²) in [5, 5.41) is 9.29. The molecule has 0 aliphatic heterocycles. The van der Waals surface area contributed by atoms with E-state index < -0.39 is 17.6 Å². The number of rotatable bonds is 3. The second-order valence-electron chi connectivity index (χ2n) is 6.55. The molecule has 0 radical (unpaired) electrons. The second kappa shape index (κ2) is 6.37. The monoisotopic (exact) mass is 385 g/mol. The Balaban J connectivity index is 1.93. The molecule has 0 aliphatic rings. The Labute approximate surface area is 157 Å². The number of para-hydroxylation sites is 1. The van der Waals surface area contributed by atoms with Crippen molar-refractivity contribution >= 4 is 27.6 Å². The Hall–Kier alpha value is -3.35. The molecule has 142 valence electrons. The molecule has 4 aromatic rings. The lowest BCUT2D eigenvalue weighted by Crippen LogP contribution is -2.10. The van der Waals surface area contributed by atoms with Crippen LogP contribution in [0.25, 0.3) is 21.8 Å². The van der Waals surface area contributed by atoms with Crippen LogP contribution in [0.4, 0.5) is 17.6 Å². The average Bonchev–Trinajstić information content (AvgIpc) is 2.96. The van der Waals surface area contributed by atoms with E-state index in [9.17, 15) is 17.6 Å². The number of hydrogen-bond donors (Lipinski definition) is 2. The largest absolute Gasteiger partial charge is 0.416 e. The predicted molar refractivity (Wildman–Crippen MR) is 101 cm³/mol. The lowest BCUT2D eigenvalue weighted by Gasteiger charge is -2.12. The molecule has 0 unspecified atom stereocenters. The summed E-state index contributed by atoms with van der Waals surface area (Å²) in [7, 11) is 0. The molecular formula is C21H15F4N3. The fourth-order valence-corrected chi connectivity index (χ4v) is 3.43. The average molecular weight is 385 g/mol. The molecule has 0 saturated heterocycles. The SMILES string of the molecule is N=C(N)c1ccc2c(c1)c1ccccc1n2Cc1cc(C(F)(F)F)ccc1F. The standard InChI is InChI=1S/C21H15F4N3/c22-17-7-6-14(21(23,24)25)9-13(17)11-28-18-4-2-1-3-15(18)16-10-12(20(26)27)5-8-19(16)28/h1-10H,11H2,(H3,26,27). The van der Waals surface area contributed by atoms with Gasteiger partial charge in [-0.05, 0) is 42.5 Å². The Morgan fingerprint density at radius 2 is 1.64 bits per heavy atom. The first-order valence-corrected chi connectivity index (χ1v) is 8.47. The highest BCUT2D eigenvalue weighted by molar-refractivity contribution is 6.10. The van der Waals surface area contributed by atoms with Gasteiger partial charge in [0.05, 0.1) is 12.1 Å². The minimum atomic E-state index is -4.54. The number of nitrogens with one attached hydrogen (secondary N) is 1. The van der Waals surface area contributed by atoms with E-state index in [1.54, 1.807) is 22.8 Å². The molecule has 0 aliphatic carbocycles. The van der Waals surface area contributed by atoms with Gasteiger partial charge in [0.1, 0.15) is 11.7 Å². The third-order valence-electron chi connectivity index (χ3n) is 4.78. The van der Waals surface area contributed by atoms with Gasteiger partial charge in [0, 0.05) is 32.9 Å². The summed E-state index contributed by atoms with van der Waals surface area (Å²) in [4.78, 5) is 0. The highest BCUT2D eigenvalue weighted by Crippen LogP contribution is 2.33. The summed E-state index contributed by atoms with van der Waals surface area (Å²) in [6.07, 6.45) is -4.54. The normalized spacial score (nSPS) is 12.0. The first-order chi connectivity index (χ1) is 13.3. The van der Waals surface area contributed by atoms with Gasteiger partial charge in [0.15, 0.2) is 0 Å². The number of amidine groups is 1. The number of nitrogens with zero attached hydrogens (tertiary/aromatic N) is 1. The van der Waals surface area contributed by atoms with Crippen LogP contribution in [0.5, 0.6) is 0 Å². The van der Waals surface area contributed by atoms with Crippen LogP contribution in [0.15, 0.2) is 60.7 Å². The molecule has 3 nitrogen and oxygen atoms in total. The van der Waals surface area contributed by atoms with Crippen LogP contribution in [0.1, 0.15) is 16.7 Å². The van der Waals surface area contributed by atoms with Crippen molar-refractivity contribution < 1.29 is 17.6 Å². The maximum Gasteiger partial charge on any atom is 0.416 e. The lowest BCUT2D eigenvalue weighted by molar-refractivity contribution is -0.137. The summed E-state index contributed by atoms with van der Waals surface area (Å²) >= 11 is 0. The Morgan fingerprint density at radius 1 is 0.929 bits per heavy atom. The van der Waals surface area contributed by atoms with Gasteiger partial charge in [-0.25, -0.2) is 4.39 Å². The summed E-state index contributed by atoms with van der Waals surface area (Å²) in [5.74, 6) is -0.776. The van der Waals surface area contributed by atoms with Crippen molar-refractivity contribution in [2.24, 2.45) is 5.73 Å². The van der Waals surface area contributed by atoms with E-state index in [-0.39, 0.29) is 17.9 Å². The van der Waals surface area contributed by atoms with Gasteiger partial charge in [0.25, 0.3) is 0 Å². The molecular weight excluding hydrogens is 370 g/mol. The van der Waals surface area contributed by atoms with Gasteiger partial charge in [0.2, 0.25) is 0 Å². The Bertz CT molecular complexity index is 1220. The molecule has 7 heteroatoms. The summed E-state index contributed by atoms with van der Waals surface area (Å²) in [5.41, 5.74) is 6.67. The number of benzene rings is 3. The van der Waals surface area contributed by atoms with Crippen LogP contribution in [0.2, 0.25) is 0 Å². The highest BCUT2D eigenvalue weighted by Gasteiger charge is 2.31. The second-order valence-corrected chi connectivity index (χ2v) is 6.55. The van der Waals surface area contributed by atoms with Crippen molar-refractivity contribution in [3.63, 3.8) is 0 Å². The Kier molecular flexibility index (Phi) is 4.10. The van der Waals surface area contributed by atoms with E-state index >= 15 is 0 Å². The van der Waals surface area contributed by atoms with Crippen molar-refractivity contribution in [3.8, 4) is 0 Å². The van der Waals surface area contributed by atoms with E-state index in [1.807, 2.05) is 24.3 Å².